The molecule has 10 heavy (non-hydrogen) atoms. The fraction of sp³-hybridized carbons (Fsp3) is 0.750. The van der Waals surface area contributed by atoms with Gasteiger partial charge in [0.05, 0.1) is 5.97 Å². The van der Waals surface area contributed by atoms with E-state index in [9.17, 15) is 9.90 Å². The zero-order valence-corrected chi connectivity index (χ0v) is 7.85. The van der Waals surface area contributed by atoms with Crippen LogP contribution >= 0.6 is 46.4 Å². The summed E-state index contributed by atoms with van der Waals surface area (Å²) in [6.07, 6.45) is 0. The van der Waals surface area contributed by atoms with Crippen LogP contribution < -0.4 is 5.11 Å². The number of halogens is 4. The number of carbonyl (C=O) groups is 1. The molecule has 0 bridgehead atoms. The van der Waals surface area contributed by atoms with Gasteiger partial charge in [0.15, 0.2) is 0 Å². The number of carbonyl (C=O) groups excluding carboxylic acids is 1. The smallest absolute Gasteiger partial charge is 0.214 e. The molecule has 0 heterocycles. The summed E-state index contributed by atoms with van der Waals surface area (Å²) in [7, 11) is 0. The molecule has 6 heteroatoms. The Morgan fingerprint density at radius 1 is 1.30 bits per heavy atom. The van der Waals surface area contributed by atoms with Crippen molar-refractivity contribution >= 4 is 52.4 Å². The molecule has 0 aromatic rings. The van der Waals surface area contributed by atoms with Gasteiger partial charge in [0.1, 0.15) is 4.87 Å². The lowest BCUT2D eigenvalue weighted by molar-refractivity contribution is -0.308. The Morgan fingerprint density at radius 3 is 1.60 bits per heavy atom. The van der Waals surface area contributed by atoms with Crippen molar-refractivity contribution < 1.29 is 9.90 Å². The quantitative estimate of drug-likeness (QED) is 0.627. The number of hydrogen-bond donors (Lipinski definition) is 0. The van der Waals surface area contributed by atoms with Crippen molar-refractivity contribution in [3.63, 3.8) is 0 Å². The zero-order chi connectivity index (χ0) is 8.58. The molecule has 0 aromatic heterocycles. The second-order valence-electron chi connectivity index (χ2n) is 1.79. The van der Waals surface area contributed by atoms with Crippen molar-refractivity contribution in [1.82, 2.24) is 0 Å². The predicted octanol–water partition coefficient (Wildman–Crippen LogP) is 1.10. The molecule has 0 fully saturated rings. The molecule has 0 rings (SSSR count). The maximum atomic E-state index is 10.2. The second-order valence-corrected chi connectivity index (χ2v) is 4.83. The SMILES string of the molecule is CC(Cl)(C(=O)[O-])C(Cl)(Cl)Cl. The molecule has 0 aliphatic rings. The minimum absolute atomic E-state index is 1.05. The van der Waals surface area contributed by atoms with Crippen molar-refractivity contribution in [2.75, 3.05) is 0 Å². The maximum absolute atomic E-state index is 10.2. The van der Waals surface area contributed by atoms with E-state index in [1.54, 1.807) is 0 Å². The van der Waals surface area contributed by atoms with Crippen molar-refractivity contribution in [1.29, 1.82) is 0 Å². The van der Waals surface area contributed by atoms with Gasteiger partial charge in [-0.05, 0) is 6.92 Å². The second kappa shape index (κ2) is 2.94. The minimum atomic E-state index is -2.06. The Bertz CT molecular complexity index is 148. The highest BCUT2D eigenvalue weighted by atomic mass is 35.6. The first-order chi connectivity index (χ1) is 4.19. The summed E-state index contributed by atoms with van der Waals surface area (Å²) in [5, 5.41) is 10.2. The van der Waals surface area contributed by atoms with Crippen LogP contribution in [-0.2, 0) is 4.79 Å². The number of carboxylic acid groups (broad SMARTS) is 1. The van der Waals surface area contributed by atoms with E-state index >= 15 is 0 Å². The highest BCUT2D eigenvalue weighted by Gasteiger charge is 2.44. The Morgan fingerprint density at radius 2 is 1.60 bits per heavy atom. The highest BCUT2D eigenvalue weighted by molar-refractivity contribution is 6.72. The van der Waals surface area contributed by atoms with Gasteiger partial charge in [-0.2, -0.15) is 0 Å². The van der Waals surface area contributed by atoms with Crippen LogP contribution in [0.15, 0.2) is 0 Å². The molecule has 0 radical (unpaired) electrons. The van der Waals surface area contributed by atoms with E-state index in [2.05, 4.69) is 0 Å². The van der Waals surface area contributed by atoms with Crippen molar-refractivity contribution in [2.24, 2.45) is 0 Å². The number of aliphatic carboxylic acids is 1. The van der Waals surface area contributed by atoms with E-state index in [4.69, 9.17) is 46.4 Å². The largest absolute Gasteiger partial charge is 0.548 e. The molecule has 0 N–H and O–H groups in total. The van der Waals surface area contributed by atoms with Crippen LogP contribution in [0.1, 0.15) is 6.92 Å². The van der Waals surface area contributed by atoms with Gasteiger partial charge in [-0.3, -0.25) is 0 Å². The highest BCUT2D eigenvalue weighted by Crippen LogP contribution is 2.42. The Labute approximate surface area is 78.0 Å². The molecule has 1 atom stereocenters. The van der Waals surface area contributed by atoms with Crippen LogP contribution in [0.2, 0.25) is 0 Å². The lowest BCUT2D eigenvalue weighted by Crippen LogP contribution is -2.50. The first kappa shape index (κ1) is 10.6. The molecule has 0 saturated heterocycles. The van der Waals surface area contributed by atoms with Gasteiger partial charge >= 0.3 is 0 Å². The average Bonchev–Trinajstić information content (AvgIpc) is 1.62. The van der Waals surface area contributed by atoms with Gasteiger partial charge in [-0.25, -0.2) is 0 Å². The molecule has 0 aliphatic heterocycles. The fourth-order valence-corrected chi connectivity index (χ4v) is 0.347. The van der Waals surface area contributed by atoms with Crippen LogP contribution in [0.25, 0.3) is 0 Å². The van der Waals surface area contributed by atoms with Gasteiger partial charge in [-0.1, -0.05) is 34.8 Å². The van der Waals surface area contributed by atoms with E-state index in [1.807, 2.05) is 0 Å². The van der Waals surface area contributed by atoms with Gasteiger partial charge in [0.25, 0.3) is 0 Å². The summed E-state index contributed by atoms with van der Waals surface area (Å²) < 4.78 is -2.06. The molecule has 0 amide bonds. The van der Waals surface area contributed by atoms with Crippen LogP contribution in [0, 0.1) is 0 Å². The van der Waals surface area contributed by atoms with Crippen LogP contribution in [0.3, 0.4) is 0 Å². The van der Waals surface area contributed by atoms with Crippen LogP contribution in [0.4, 0.5) is 0 Å². The van der Waals surface area contributed by atoms with E-state index in [-0.39, 0.29) is 0 Å². The number of hydrogen-bond acceptors (Lipinski definition) is 2. The van der Waals surface area contributed by atoms with Crippen molar-refractivity contribution in [3.8, 4) is 0 Å². The molecular weight excluding hydrogens is 222 g/mol. The van der Waals surface area contributed by atoms with E-state index < -0.39 is 14.6 Å². The Hall–Kier alpha value is 0.630. The molecule has 0 aromatic carbocycles. The standard InChI is InChI=1S/C4H4Cl4O2/c1-3(5,2(9)10)4(6,7)8/h1H3,(H,9,10)/p-1. The maximum Gasteiger partial charge on any atom is 0.214 e. The normalized spacial score (nSPS) is 18.1. The summed E-state index contributed by atoms with van der Waals surface area (Å²) in [4.78, 5) is 8.18. The molecule has 0 spiro atoms. The third kappa shape index (κ3) is 2.06. The molecule has 0 saturated carbocycles. The van der Waals surface area contributed by atoms with Crippen molar-refractivity contribution in [2.45, 2.75) is 15.6 Å². The summed E-state index contributed by atoms with van der Waals surface area (Å²) in [5.74, 6) is -1.62. The summed E-state index contributed by atoms with van der Waals surface area (Å²) in [6, 6.07) is 0. The fourth-order valence-electron chi connectivity index (χ4n) is 0.116. The summed E-state index contributed by atoms with van der Waals surface area (Å²) in [5.41, 5.74) is 0. The summed E-state index contributed by atoms with van der Waals surface area (Å²) >= 11 is 20.9. The van der Waals surface area contributed by atoms with E-state index in [0.29, 0.717) is 0 Å². The van der Waals surface area contributed by atoms with Gasteiger partial charge in [0, 0.05) is 0 Å². The lowest BCUT2D eigenvalue weighted by atomic mass is 10.2. The lowest BCUT2D eigenvalue weighted by Gasteiger charge is -2.30. The number of alkyl halides is 4. The Kier molecular flexibility index (Phi) is 3.12. The minimum Gasteiger partial charge on any atom is -0.548 e. The number of carboxylic acids is 1. The number of rotatable bonds is 1. The monoisotopic (exact) mass is 223 g/mol. The van der Waals surface area contributed by atoms with E-state index in [1.165, 1.54) is 0 Å². The van der Waals surface area contributed by atoms with Crippen LogP contribution in [-0.4, -0.2) is 14.6 Å². The predicted molar refractivity (Wildman–Crippen MR) is 39.6 cm³/mol. The molecule has 60 valence electrons. The van der Waals surface area contributed by atoms with Gasteiger partial charge in [-0.15, -0.1) is 11.6 Å². The van der Waals surface area contributed by atoms with Gasteiger partial charge < -0.3 is 9.90 Å². The summed E-state index contributed by atoms with van der Waals surface area (Å²) in [6.45, 7) is 1.05. The first-order valence-electron chi connectivity index (χ1n) is 2.16. The third-order valence-corrected chi connectivity index (χ3v) is 2.78. The topological polar surface area (TPSA) is 40.1 Å². The first-order valence-corrected chi connectivity index (χ1v) is 3.68. The van der Waals surface area contributed by atoms with Crippen molar-refractivity contribution in [3.05, 3.63) is 0 Å². The van der Waals surface area contributed by atoms with Gasteiger partial charge in [0.2, 0.25) is 3.79 Å². The molecule has 0 aliphatic carbocycles. The molecular formula is C4H3Cl4O2-. The van der Waals surface area contributed by atoms with E-state index in [0.717, 1.165) is 6.92 Å². The third-order valence-electron chi connectivity index (χ3n) is 0.916. The zero-order valence-electron chi connectivity index (χ0n) is 4.83. The molecule has 2 nitrogen and oxygen atoms in total. The Balaban J connectivity index is 4.57. The van der Waals surface area contributed by atoms with Crippen LogP contribution in [0.5, 0.6) is 0 Å². The average molecular weight is 225 g/mol. The molecule has 1 unspecified atom stereocenters.